The molecule has 0 aliphatic rings. The van der Waals surface area contributed by atoms with Crippen LogP contribution in [0.5, 0.6) is 5.75 Å². The van der Waals surface area contributed by atoms with Crippen LogP contribution in [0.3, 0.4) is 0 Å². The highest BCUT2D eigenvalue weighted by Gasteiger charge is 2.17. The van der Waals surface area contributed by atoms with Gasteiger partial charge in [0.05, 0.1) is 5.69 Å². The van der Waals surface area contributed by atoms with Crippen molar-refractivity contribution < 1.29 is 9.90 Å². The molecule has 6 heteroatoms. The van der Waals surface area contributed by atoms with Crippen LogP contribution in [0.4, 0.5) is 5.82 Å². The van der Waals surface area contributed by atoms with E-state index in [2.05, 4.69) is 15.3 Å². The van der Waals surface area contributed by atoms with Crippen molar-refractivity contribution in [2.75, 3.05) is 5.32 Å². The van der Waals surface area contributed by atoms with Gasteiger partial charge in [0.1, 0.15) is 9.88 Å². The quantitative estimate of drug-likeness (QED) is 0.776. The van der Waals surface area contributed by atoms with Gasteiger partial charge >= 0.3 is 0 Å². The number of pyridine rings is 1. The standard InChI is InChI=1S/C16H13N3O2S/c1-10-13(15(21)19-14-12(20)8-5-9-17-14)22-16(18-10)11-6-3-2-4-7-11/h2-9,20H,1H3,(H,17,19,21). The van der Waals surface area contributed by atoms with Gasteiger partial charge in [0.2, 0.25) is 0 Å². The zero-order valence-electron chi connectivity index (χ0n) is 11.8. The molecule has 0 radical (unpaired) electrons. The van der Waals surface area contributed by atoms with Crippen molar-refractivity contribution >= 4 is 23.1 Å². The van der Waals surface area contributed by atoms with E-state index in [0.717, 1.165) is 10.6 Å². The number of thiazole rings is 1. The molecule has 110 valence electrons. The van der Waals surface area contributed by atoms with Crippen LogP contribution in [0.1, 0.15) is 15.4 Å². The van der Waals surface area contributed by atoms with E-state index in [0.29, 0.717) is 10.6 Å². The van der Waals surface area contributed by atoms with E-state index in [1.807, 2.05) is 30.3 Å². The third-order valence-electron chi connectivity index (χ3n) is 3.04. The Morgan fingerprint density at radius 3 is 2.68 bits per heavy atom. The highest BCUT2D eigenvalue weighted by molar-refractivity contribution is 7.17. The van der Waals surface area contributed by atoms with Gasteiger partial charge in [-0.2, -0.15) is 0 Å². The number of nitrogens with one attached hydrogen (secondary N) is 1. The third-order valence-corrected chi connectivity index (χ3v) is 4.25. The largest absolute Gasteiger partial charge is 0.504 e. The van der Waals surface area contributed by atoms with Crippen molar-refractivity contribution in [3.63, 3.8) is 0 Å². The van der Waals surface area contributed by atoms with Crippen LogP contribution >= 0.6 is 11.3 Å². The van der Waals surface area contributed by atoms with E-state index in [4.69, 9.17) is 0 Å². The Kier molecular flexibility index (Phi) is 3.84. The maximum absolute atomic E-state index is 12.3. The summed E-state index contributed by atoms with van der Waals surface area (Å²) in [6.45, 7) is 1.79. The van der Waals surface area contributed by atoms with Crippen LogP contribution < -0.4 is 5.32 Å². The molecule has 1 aromatic carbocycles. The number of benzene rings is 1. The molecule has 2 N–H and O–H groups in total. The summed E-state index contributed by atoms with van der Waals surface area (Å²) < 4.78 is 0. The molecule has 1 amide bonds. The lowest BCUT2D eigenvalue weighted by Gasteiger charge is -2.04. The molecule has 2 aromatic heterocycles. The molecular weight excluding hydrogens is 298 g/mol. The second-order valence-corrected chi connectivity index (χ2v) is 5.62. The van der Waals surface area contributed by atoms with Crippen molar-refractivity contribution in [3.8, 4) is 16.3 Å². The fourth-order valence-electron chi connectivity index (χ4n) is 1.97. The molecule has 0 aliphatic heterocycles. The summed E-state index contributed by atoms with van der Waals surface area (Å²) in [5.41, 5.74) is 1.62. The average molecular weight is 311 g/mol. The zero-order valence-corrected chi connectivity index (χ0v) is 12.6. The van der Waals surface area contributed by atoms with Crippen LogP contribution in [0.15, 0.2) is 48.7 Å². The first-order valence-electron chi connectivity index (χ1n) is 6.63. The number of hydrogen-bond donors (Lipinski definition) is 2. The molecule has 0 saturated carbocycles. The topological polar surface area (TPSA) is 75.1 Å². The molecule has 22 heavy (non-hydrogen) atoms. The molecule has 5 nitrogen and oxygen atoms in total. The van der Waals surface area contributed by atoms with Crippen LogP contribution in [0, 0.1) is 6.92 Å². The van der Waals surface area contributed by atoms with E-state index >= 15 is 0 Å². The second kappa shape index (κ2) is 5.95. The van der Waals surface area contributed by atoms with Gasteiger partial charge in [0, 0.05) is 11.8 Å². The van der Waals surface area contributed by atoms with Gasteiger partial charge in [-0.25, -0.2) is 9.97 Å². The first kappa shape index (κ1) is 14.2. The average Bonchev–Trinajstić information content (AvgIpc) is 2.92. The normalized spacial score (nSPS) is 10.4. The molecule has 3 aromatic rings. The highest BCUT2D eigenvalue weighted by atomic mass is 32.1. The number of aromatic nitrogens is 2. The Hall–Kier alpha value is -2.73. The molecule has 0 aliphatic carbocycles. The first-order valence-corrected chi connectivity index (χ1v) is 7.45. The summed E-state index contributed by atoms with van der Waals surface area (Å²) in [6.07, 6.45) is 1.50. The number of nitrogens with zero attached hydrogens (tertiary/aromatic N) is 2. The van der Waals surface area contributed by atoms with Crippen molar-refractivity contribution in [3.05, 3.63) is 59.2 Å². The number of aryl methyl sites for hydroxylation is 1. The number of aromatic hydroxyl groups is 1. The third kappa shape index (κ3) is 2.82. The number of carbonyl (C=O) groups excluding carboxylic acids is 1. The fraction of sp³-hybridized carbons (Fsp3) is 0.0625. The van der Waals surface area contributed by atoms with Gasteiger partial charge in [-0.15, -0.1) is 11.3 Å². The van der Waals surface area contributed by atoms with E-state index in [1.54, 1.807) is 13.0 Å². The molecule has 0 bridgehead atoms. The predicted molar refractivity (Wildman–Crippen MR) is 86.1 cm³/mol. The smallest absolute Gasteiger partial charge is 0.268 e. The maximum Gasteiger partial charge on any atom is 0.268 e. The lowest BCUT2D eigenvalue weighted by atomic mass is 10.2. The number of amides is 1. The Balaban J connectivity index is 1.88. The lowest BCUT2D eigenvalue weighted by Crippen LogP contribution is -2.12. The van der Waals surface area contributed by atoms with Gasteiger partial charge in [0.25, 0.3) is 5.91 Å². The van der Waals surface area contributed by atoms with Gasteiger partial charge in [-0.1, -0.05) is 30.3 Å². The van der Waals surface area contributed by atoms with E-state index in [1.165, 1.54) is 23.6 Å². The van der Waals surface area contributed by atoms with Crippen molar-refractivity contribution in [1.82, 2.24) is 9.97 Å². The van der Waals surface area contributed by atoms with Crippen LogP contribution in [-0.2, 0) is 0 Å². The first-order chi connectivity index (χ1) is 10.6. The predicted octanol–water partition coefficient (Wildman–Crippen LogP) is 3.47. The van der Waals surface area contributed by atoms with Gasteiger partial charge in [0.15, 0.2) is 11.6 Å². The number of anilines is 1. The van der Waals surface area contributed by atoms with Crippen molar-refractivity contribution in [1.29, 1.82) is 0 Å². The van der Waals surface area contributed by atoms with Gasteiger partial charge in [-0.3, -0.25) is 4.79 Å². The van der Waals surface area contributed by atoms with Gasteiger partial charge < -0.3 is 10.4 Å². The molecular formula is C16H13N3O2S. The van der Waals surface area contributed by atoms with Crippen molar-refractivity contribution in [2.24, 2.45) is 0 Å². The molecule has 0 atom stereocenters. The summed E-state index contributed by atoms with van der Waals surface area (Å²) in [4.78, 5) is 21.2. The minimum atomic E-state index is -0.328. The Morgan fingerprint density at radius 2 is 1.95 bits per heavy atom. The maximum atomic E-state index is 12.3. The highest BCUT2D eigenvalue weighted by Crippen LogP contribution is 2.29. The Labute approximate surface area is 131 Å². The minimum absolute atomic E-state index is 0.0682. The summed E-state index contributed by atoms with van der Waals surface area (Å²) in [6, 6.07) is 12.7. The minimum Gasteiger partial charge on any atom is -0.504 e. The molecule has 0 spiro atoms. The zero-order chi connectivity index (χ0) is 15.5. The molecule has 0 saturated heterocycles. The Bertz CT molecular complexity index is 815. The summed E-state index contributed by atoms with van der Waals surface area (Å²) in [7, 11) is 0. The number of carbonyl (C=O) groups is 1. The van der Waals surface area contributed by atoms with E-state index < -0.39 is 0 Å². The molecule has 2 heterocycles. The van der Waals surface area contributed by atoms with E-state index in [9.17, 15) is 9.90 Å². The fourth-order valence-corrected chi connectivity index (χ4v) is 2.94. The lowest BCUT2D eigenvalue weighted by molar-refractivity contribution is 0.102. The molecule has 0 fully saturated rings. The van der Waals surface area contributed by atoms with Gasteiger partial charge in [-0.05, 0) is 19.1 Å². The molecule has 3 rings (SSSR count). The number of rotatable bonds is 3. The van der Waals surface area contributed by atoms with Crippen LogP contribution in [0.2, 0.25) is 0 Å². The van der Waals surface area contributed by atoms with Crippen LogP contribution in [-0.4, -0.2) is 21.0 Å². The van der Waals surface area contributed by atoms with Crippen molar-refractivity contribution in [2.45, 2.75) is 6.92 Å². The SMILES string of the molecule is Cc1nc(-c2ccccc2)sc1C(=O)Nc1ncccc1O. The summed E-state index contributed by atoms with van der Waals surface area (Å²) in [5, 5.41) is 13.1. The second-order valence-electron chi connectivity index (χ2n) is 4.62. The monoisotopic (exact) mass is 311 g/mol. The molecule has 0 unspecified atom stereocenters. The summed E-state index contributed by atoms with van der Waals surface area (Å²) >= 11 is 1.31. The Morgan fingerprint density at radius 1 is 1.18 bits per heavy atom. The summed E-state index contributed by atoms with van der Waals surface area (Å²) in [5.74, 6) is -0.256. The number of hydrogen-bond acceptors (Lipinski definition) is 5. The van der Waals surface area contributed by atoms with Crippen LogP contribution in [0.25, 0.3) is 10.6 Å². The van der Waals surface area contributed by atoms with E-state index in [-0.39, 0.29) is 17.5 Å².